The Hall–Kier alpha value is -1.70. The number of nitrogens with zero attached hydrogens (tertiary/aromatic N) is 1. The van der Waals surface area contributed by atoms with Gasteiger partial charge in [0.2, 0.25) is 10.0 Å². The fourth-order valence-corrected chi connectivity index (χ4v) is 3.17. The van der Waals surface area contributed by atoms with Gasteiger partial charge in [0, 0.05) is 29.9 Å². The van der Waals surface area contributed by atoms with Crippen LogP contribution in [0.4, 0.5) is 10.1 Å². The van der Waals surface area contributed by atoms with Gasteiger partial charge in [-0.05, 0) is 24.3 Å². The molecule has 21 heavy (non-hydrogen) atoms. The van der Waals surface area contributed by atoms with Crippen LogP contribution in [-0.4, -0.2) is 19.9 Å². The van der Waals surface area contributed by atoms with Crippen LogP contribution in [0, 0.1) is 5.82 Å². The van der Waals surface area contributed by atoms with E-state index in [1.807, 2.05) is 0 Å². The second-order valence-corrected chi connectivity index (χ2v) is 6.45. The summed E-state index contributed by atoms with van der Waals surface area (Å²) in [4.78, 5) is 3.51. The summed E-state index contributed by atoms with van der Waals surface area (Å²) in [6.45, 7) is 0.0885. The molecule has 0 aliphatic carbocycles. The van der Waals surface area contributed by atoms with E-state index in [4.69, 9.17) is 17.3 Å². The predicted molar refractivity (Wildman–Crippen MR) is 79.0 cm³/mol. The Labute approximate surface area is 127 Å². The number of aromatic nitrogens is 1. The van der Waals surface area contributed by atoms with E-state index in [-0.39, 0.29) is 17.3 Å². The van der Waals surface area contributed by atoms with Crippen LogP contribution >= 0.6 is 11.6 Å². The average molecular weight is 330 g/mol. The monoisotopic (exact) mass is 329 g/mol. The molecular formula is C13H13ClFN3O2S. The second-order valence-electron chi connectivity index (χ2n) is 4.28. The summed E-state index contributed by atoms with van der Waals surface area (Å²) in [7, 11) is -4.02. The molecule has 0 unspecified atom stereocenters. The third-order valence-corrected chi connectivity index (χ3v) is 4.40. The summed E-state index contributed by atoms with van der Waals surface area (Å²) in [6.07, 6.45) is 2.00. The predicted octanol–water partition coefficient (Wildman–Crippen LogP) is 1.98. The SMILES string of the molecule is Nc1cc(Cl)cc(S(=O)(=O)NCCc2ccccn2)c1F. The smallest absolute Gasteiger partial charge is 0.243 e. The Balaban J connectivity index is 2.12. The normalized spacial score (nSPS) is 11.5. The number of hydrogen-bond acceptors (Lipinski definition) is 4. The minimum absolute atomic E-state index is 0.0546. The van der Waals surface area contributed by atoms with E-state index in [0.717, 1.165) is 17.8 Å². The van der Waals surface area contributed by atoms with Gasteiger partial charge in [-0.25, -0.2) is 17.5 Å². The summed E-state index contributed by atoms with van der Waals surface area (Å²) in [6, 6.07) is 7.51. The van der Waals surface area contributed by atoms with Crippen molar-refractivity contribution in [3.8, 4) is 0 Å². The lowest BCUT2D eigenvalue weighted by atomic mass is 10.3. The van der Waals surface area contributed by atoms with E-state index in [0.29, 0.717) is 6.42 Å². The number of nitrogens with two attached hydrogens (primary N) is 1. The van der Waals surface area contributed by atoms with E-state index in [2.05, 4.69) is 9.71 Å². The van der Waals surface area contributed by atoms with Crippen LogP contribution in [0.1, 0.15) is 5.69 Å². The zero-order valence-corrected chi connectivity index (χ0v) is 12.5. The lowest BCUT2D eigenvalue weighted by Gasteiger charge is -2.09. The second kappa shape index (κ2) is 6.38. The fourth-order valence-electron chi connectivity index (χ4n) is 1.72. The molecule has 0 spiro atoms. The van der Waals surface area contributed by atoms with Crippen molar-refractivity contribution in [2.45, 2.75) is 11.3 Å². The van der Waals surface area contributed by atoms with Gasteiger partial charge >= 0.3 is 0 Å². The highest BCUT2D eigenvalue weighted by molar-refractivity contribution is 7.89. The van der Waals surface area contributed by atoms with E-state index < -0.39 is 20.7 Å². The molecule has 1 aromatic carbocycles. The summed E-state index contributed by atoms with van der Waals surface area (Å²) >= 11 is 5.71. The van der Waals surface area contributed by atoms with Gasteiger partial charge in [-0.2, -0.15) is 0 Å². The average Bonchev–Trinajstić information content (AvgIpc) is 2.43. The van der Waals surface area contributed by atoms with E-state index in [1.54, 1.807) is 24.4 Å². The number of sulfonamides is 1. The number of pyridine rings is 1. The molecule has 112 valence electrons. The Morgan fingerprint density at radius 2 is 2.10 bits per heavy atom. The maximum atomic E-state index is 13.8. The molecule has 1 heterocycles. The Bertz CT molecular complexity index is 739. The van der Waals surface area contributed by atoms with Crippen LogP contribution in [0.25, 0.3) is 0 Å². The molecule has 5 nitrogen and oxygen atoms in total. The van der Waals surface area contributed by atoms with Crippen molar-refractivity contribution in [3.05, 3.63) is 53.1 Å². The first-order valence-corrected chi connectivity index (χ1v) is 7.90. The van der Waals surface area contributed by atoms with Crippen LogP contribution in [-0.2, 0) is 16.4 Å². The molecule has 2 aromatic rings. The largest absolute Gasteiger partial charge is 0.396 e. The molecule has 0 aliphatic rings. The van der Waals surface area contributed by atoms with Gasteiger partial charge < -0.3 is 5.73 Å². The highest BCUT2D eigenvalue weighted by Gasteiger charge is 2.21. The van der Waals surface area contributed by atoms with Crippen LogP contribution in [0.3, 0.4) is 0 Å². The van der Waals surface area contributed by atoms with Crippen LogP contribution in [0.5, 0.6) is 0 Å². The van der Waals surface area contributed by atoms with Gasteiger partial charge in [-0.1, -0.05) is 17.7 Å². The minimum atomic E-state index is -4.02. The van der Waals surface area contributed by atoms with Crippen molar-refractivity contribution in [2.24, 2.45) is 0 Å². The van der Waals surface area contributed by atoms with Crippen molar-refractivity contribution >= 4 is 27.3 Å². The fraction of sp³-hybridized carbons (Fsp3) is 0.154. The molecule has 0 aliphatic heterocycles. The topological polar surface area (TPSA) is 85.1 Å². The molecule has 0 atom stereocenters. The Morgan fingerprint density at radius 1 is 1.33 bits per heavy atom. The van der Waals surface area contributed by atoms with E-state index in [9.17, 15) is 12.8 Å². The van der Waals surface area contributed by atoms with Crippen molar-refractivity contribution in [1.29, 1.82) is 0 Å². The Kier molecular flexibility index (Phi) is 4.76. The van der Waals surface area contributed by atoms with Crippen LogP contribution < -0.4 is 10.5 Å². The number of nitrogens with one attached hydrogen (secondary N) is 1. The molecule has 0 saturated carbocycles. The number of benzene rings is 1. The standard InChI is InChI=1S/C13H13ClFN3O2S/c14-9-7-11(16)13(15)12(8-9)21(19,20)18-6-4-10-3-1-2-5-17-10/h1-3,5,7-8,18H,4,6,16H2. The molecule has 0 amide bonds. The zero-order valence-electron chi connectivity index (χ0n) is 10.9. The molecule has 0 radical (unpaired) electrons. The number of halogens is 2. The summed E-state index contributed by atoms with van der Waals surface area (Å²) in [5.74, 6) is -1.01. The molecule has 0 saturated heterocycles. The van der Waals surface area contributed by atoms with Crippen LogP contribution in [0.2, 0.25) is 5.02 Å². The number of hydrogen-bond donors (Lipinski definition) is 2. The van der Waals surface area contributed by atoms with Crippen molar-refractivity contribution < 1.29 is 12.8 Å². The Morgan fingerprint density at radius 3 is 2.76 bits per heavy atom. The van der Waals surface area contributed by atoms with E-state index in [1.165, 1.54) is 0 Å². The summed E-state index contributed by atoms with van der Waals surface area (Å²) < 4.78 is 40.2. The third kappa shape index (κ3) is 3.90. The van der Waals surface area contributed by atoms with Crippen molar-refractivity contribution in [2.75, 3.05) is 12.3 Å². The lowest BCUT2D eigenvalue weighted by molar-refractivity contribution is 0.559. The molecule has 0 bridgehead atoms. The van der Waals surface area contributed by atoms with Gasteiger partial charge in [0.15, 0.2) is 5.82 Å². The van der Waals surface area contributed by atoms with Gasteiger partial charge in [0.1, 0.15) is 4.90 Å². The first-order chi connectivity index (χ1) is 9.90. The minimum Gasteiger partial charge on any atom is -0.396 e. The molecular weight excluding hydrogens is 317 g/mol. The number of anilines is 1. The number of rotatable bonds is 5. The zero-order chi connectivity index (χ0) is 15.5. The first kappa shape index (κ1) is 15.7. The highest BCUT2D eigenvalue weighted by Crippen LogP contribution is 2.25. The van der Waals surface area contributed by atoms with Crippen LogP contribution in [0.15, 0.2) is 41.4 Å². The maximum Gasteiger partial charge on any atom is 0.243 e. The molecule has 3 N–H and O–H groups in total. The van der Waals surface area contributed by atoms with Gasteiger partial charge in [0.05, 0.1) is 5.69 Å². The van der Waals surface area contributed by atoms with Gasteiger partial charge in [0.25, 0.3) is 0 Å². The van der Waals surface area contributed by atoms with Crippen molar-refractivity contribution in [1.82, 2.24) is 9.71 Å². The third-order valence-electron chi connectivity index (χ3n) is 2.72. The van der Waals surface area contributed by atoms with E-state index >= 15 is 0 Å². The lowest BCUT2D eigenvalue weighted by Crippen LogP contribution is -2.27. The number of nitrogen functional groups attached to an aromatic ring is 1. The van der Waals surface area contributed by atoms with Gasteiger partial charge in [-0.15, -0.1) is 0 Å². The first-order valence-electron chi connectivity index (χ1n) is 6.04. The summed E-state index contributed by atoms with van der Waals surface area (Å²) in [5, 5.41) is 0.0546. The molecule has 2 rings (SSSR count). The quantitative estimate of drug-likeness (QED) is 0.821. The maximum absolute atomic E-state index is 13.8. The molecule has 1 aromatic heterocycles. The molecule has 0 fully saturated rings. The highest BCUT2D eigenvalue weighted by atomic mass is 35.5. The van der Waals surface area contributed by atoms with Gasteiger partial charge in [-0.3, -0.25) is 4.98 Å². The molecule has 8 heteroatoms. The van der Waals surface area contributed by atoms with Crippen molar-refractivity contribution in [3.63, 3.8) is 0 Å². The summed E-state index contributed by atoms with van der Waals surface area (Å²) in [5.41, 5.74) is 5.79.